The van der Waals surface area contributed by atoms with E-state index in [2.05, 4.69) is 18.6 Å². The summed E-state index contributed by atoms with van der Waals surface area (Å²) >= 11 is 1.71. The molecule has 14 heavy (non-hydrogen) atoms. The minimum absolute atomic E-state index is 0.338. The summed E-state index contributed by atoms with van der Waals surface area (Å²) in [6.07, 6.45) is 1.15. The molecular formula is C10H21NO2S. The molecule has 0 radical (unpaired) electrons. The third-order valence-electron chi connectivity index (χ3n) is 1.89. The maximum atomic E-state index is 11.2. The van der Waals surface area contributed by atoms with E-state index < -0.39 is 5.54 Å². The van der Waals surface area contributed by atoms with Gasteiger partial charge in [0.2, 0.25) is 0 Å². The molecule has 1 atom stereocenters. The van der Waals surface area contributed by atoms with Gasteiger partial charge in [0.05, 0.1) is 7.11 Å². The van der Waals surface area contributed by atoms with Crippen molar-refractivity contribution in [3.63, 3.8) is 0 Å². The van der Waals surface area contributed by atoms with Crippen molar-refractivity contribution in [2.24, 2.45) is 11.7 Å². The Balaban J connectivity index is 3.71. The zero-order valence-corrected chi connectivity index (χ0v) is 10.3. The Morgan fingerprint density at radius 1 is 1.57 bits per heavy atom. The first-order valence-corrected chi connectivity index (χ1v) is 6.00. The minimum atomic E-state index is -0.851. The van der Waals surface area contributed by atoms with Crippen LogP contribution in [0.25, 0.3) is 0 Å². The van der Waals surface area contributed by atoms with E-state index in [1.54, 1.807) is 18.7 Å². The van der Waals surface area contributed by atoms with E-state index in [1.807, 2.05) is 0 Å². The molecule has 0 saturated heterocycles. The number of esters is 1. The van der Waals surface area contributed by atoms with E-state index in [0.29, 0.717) is 11.7 Å². The van der Waals surface area contributed by atoms with E-state index in [-0.39, 0.29) is 5.97 Å². The molecular weight excluding hydrogens is 198 g/mol. The molecule has 0 spiro atoms. The lowest BCUT2D eigenvalue weighted by atomic mass is 10.1. The fraction of sp³-hybridized carbons (Fsp3) is 0.900. The number of methoxy groups -OCH3 is 1. The molecule has 0 aromatic heterocycles. The topological polar surface area (TPSA) is 52.3 Å². The molecule has 4 heteroatoms. The van der Waals surface area contributed by atoms with Crippen molar-refractivity contribution >= 4 is 17.7 Å². The fourth-order valence-corrected chi connectivity index (χ4v) is 2.22. The number of nitrogens with two attached hydrogens (primary N) is 1. The van der Waals surface area contributed by atoms with Crippen LogP contribution in [0.4, 0.5) is 0 Å². The predicted octanol–water partition coefficient (Wildman–Crippen LogP) is 1.66. The van der Waals surface area contributed by atoms with Gasteiger partial charge in [-0.15, -0.1) is 0 Å². The maximum absolute atomic E-state index is 11.2. The average Bonchev–Trinajstić information content (AvgIpc) is 2.10. The van der Waals surface area contributed by atoms with E-state index in [4.69, 9.17) is 5.73 Å². The Hall–Kier alpha value is -0.220. The van der Waals surface area contributed by atoms with Gasteiger partial charge in [-0.2, -0.15) is 11.8 Å². The second-order valence-electron chi connectivity index (χ2n) is 4.14. The van der Waals surface area contributed by atoms with Crippen LogP contribution in [0.15, 0.2) is 0 Å². The number of carbonyl (C=O) groups excluding carboxylic acids is 1. The van der Waals surface area contributed by atoms with Gasteiger partial charge >= 0.3 is 5.97 Å². The van der Waals surface area contributed by atoms with E-state index in [0.717, 1.165) is 12.2 Å². The third-order valence-corrected chi connectivity index (χ3v) is 3.22. The van der Waals surface area contributed by atoms with Crippen LogP contribution in [-0.2, 0) is 9.53 Å². The second-order valence-corrected chi connectivity index (χ2v) is 5.25. The number of thioether (sulfide) groups is 1. The Labute approximate surface area is 90.8 Å². The molecule has 3 nitrogen and oxygen atoms in total. The van der Waals surface area contributed by atoms with Gasteiger partial charge in [0.25, 0.3) is 0 Å². The molecule has 1 unspecified atom stereocenters. The van der Waals surface area contributed by atoms with Gasteiger partial charge in [0.15, 0.2) is 0 Å². The molecule has 84 valence electrons. The quantitative estimate of drug-likeness (QED) is 0.545. The number of hydrogen-bond acceptors (Lipinski definition) is 4. The van der Waals surface area contributed by atoms with Crippen molar-refractivity contribution in [2.45, 2.75) is 32.7 Å². The molecule has 0 rings (SSSR count). The van der Waals surface area contributed by atoms with Gasteiger partial charge in [-0.05, 0) is 25.0 Å². The predicted molar refractivity (Wildman–Crippen MR) is 61.4 cm³/mol. The Kier molecular flexibility index (Phi) is 6.20. The first kappa shape index (κ1) is 13.8. The number of ether oxygens (including phenoxy) is 1. The molecule has 0 heterocycles. The van der Waals surface area contributed by atoms with Crippen LogP contribution in [0.1, 0.15) is 27.2 Å². The summed E-state index contributed by atoms with van der Waals surface area (Å²) < 4.78 is 4.62. The Bertz CT molecular complexity index is 181. The van der Waals surface area contributed by atoms with Crippen LogP contribution in [0.5, 0.6) is 0 Å². The van der Waals surface area contributed by atoms with Gasteiger partial charge in [0.1, 0.15) is 5.54 Å². The molecule has 0 amide bonds. The van der Waals surface area contributed by atoms with Crippen LogP contribution < -0.4 is 5.73 Å². The van der Waals surface area contributed by atoms with Gasteiger partial charge in [0, 0.05) is 5.75 Å². The smallest absolute Gasteiger partial charge is 0.326 e. The number of hydrogen-bond donors (Lipinski definition) is 1. The first-order chi connectivity index (χ1) is 6.40. The van der Waals surface area contributed by atoms with Crippen molar-refractivity contribution in [3.05, 3.63) is 0 Å². The summed E-state index contributed by atoms with van der Waals surface area (Å²) in [5, 5.41) is 0. The standard InChI is InChI=1S/C10H21NO2S/c1-8(2)5-6-14-7-10(3,11)9(12)13-4/h8H,5-7,11H2,1-4H3. The van der Waals surface area contributed by atoms with Gasteiger partial charge in [-0.1, -0.05) is 13.8 Å². The molecule has 0 aliphatic heterocycles. The van der Waals surface area contributed by atoms with Crippen LogP contribution in [0.2, 0.25) is 0 Å². The largest absolute Gasteiger partial charge is 0.468 e. The monoisotopic (exact) mass is 219 g/mol. The average molecular weight is 219 g/mol. The third kappa shape index (κ3) is 5.50. The zero-order valence-electron chi connectivity index (χ0n) is 9.50. The molecule has 2 N–H and O–H groups in total. The first-order valence-electron chi connectivity index (χ1n) is 4.85. The van der Waals surface area contributed by atoms with Crippen LogP contribution in [0, 0.1) is 5.92 Å². The summed E-state index contributed by atoms with van der Waals surface area (Å²) in [7, 11) is 1.37. The minimum Gasteiger partial charge on any atom is -0.468 e. The lowest BCUT2D eigenvalue weighted by Gasteiger charge is -2.20. The van der Waals surface area contributed by atoms with E-state index >= 15 is 0 Å². The lowest BCUT2D eigenvalue weighted by molar-refractivity contribution is -0.145. The molecule has 0 bridgehead atoms. The summed E-state index contributed by atoms with van der Waals surface area (Å²) in [4.78, 5) is 11.2. The van der Waals surface area contributed by atoms with Crippen molar-refractivity contribution in [3.8, 4) is 0 Å². The Morgan fingerprint density at radius 2 is 2.14 bits per heavy atom. The number of carbonyl (C=O) groups is 1. The highest BCUT2D eigenvalue weighted by molar-refractivity contribution is 7.99. The van der Waals surface area contributed by atoms with Gasteiger partial charge in [-0.3, -0.25) is 4.79 Å². The van der Waals surface area contributed by atoms with Crippen molar-refractivity contribution in [2.75, 3.05) is 18.6 Å². The highest BCUT2D eigenvalue weighted by atomic mass is 32.2. The van der Waals surface area contributed by atoms with E-state index in [9.17, 15) is 4.79 Å². The van der Waals surface area contributed by atoms with Gasteiger partial charge < -0.3 is 10.5 Å². The summed E-state index contributed by atoms with van der Waals surface area (Å²) in [6.45, 7) is 6.08. The van der Waals surface area contributed by atoms with Crippen molar-refractivity contribution in [1.29, 1.82) is 0 Å². The summed E-state index contributed by atoms with van der Waals surface area (Å²) in [5.74, 6) is 2.02. The normalized spacial score (nSPS) is 15.3. The van der Waals surface area contributed by atoms with Gasteiger partial charge in [-0.25, -0.2) is 0 Å². The van der Waals surface area contributed by atoms with Crippen LogP contribution in [-0.4, -0.2) is 30.1 Å². The van der Waals surface area contributed by atoms with Crippen molar-refractivity contribution in [1.82, 2.24) is 0 Å². The zero-order chi connectivity index (χ0) is 11.2. The fourth-order valence-electron chi connectivity index (χ4n) is 0.895. The highest BCUT2D eigenvalue weighted by Gasteiger charge is 2.28. The van der Waals surface area contributed by atoms with Crippen molar-refractivity contribution < 1.29 is 9.53 Å². The molecule has 0 aromatic carbocycles. The number of rotatable bonds is 6. The van der Waals surface area contributed by atoms with E-state index in [1.165, 1.54) is 7.11 Å². The molecule has 0 saturated carbocycles. The second kappa shape index (κ2) is 6.30. The summed E-state index contributed by atoms with van der Waals surface area (Å²) in [6, 6.07) is 0. The van der Waals surface area contributed by atoms with Crippen LogP contribution >= 0.6 is 11.8 Å². The molecule has 0 aliphatic rings. The molecule has 0 aromatic rings. The highest BCUT2D eigenvalue weighted by Crippen LogP contribution is 2.15. The lowest BCUT2D eigenvalue weighted by Crippen LogP contribution is -2.48. The Morgan fingerprint density at radius 3 is 2.57 bits per heavy atom. The maximum Gasteiger partial charge on any atom is 0.326 e. The SMILES string of the molecule is COC(=O)C(C)(N)CSCCC(C)C. The summed E-state index contributed by atoms with van der Waals surface area (Å²) in [5.41, 5.74) is 4.94. The molecule has 0 fully saturated rings. The van der Waals surface area contributed by atoms with Crippen LogP contribution in [0.3, 0.4) is 0 Å². The molecule has 0 aliphatic carbocycles.